The van der Waals surface area contributed by atoms with Gasteiger partial charge in [-0.1, -0.05) is 36.5 Å². The highest BCUT2D eigenvalue weighted by atomic mass is 14.1. The lowest BCUT2D eigenvalue weighted by Crippen LogP contribution is -1.67. The summed E-state index contributed by atoms with van der Waals surface area (Å²) in [7, 11) is 0. The zero-order chi connectivity index (χ0) is 6.69. The van der Waals surface area contributed by atoms with Gasteiger partial charge in [0.2, 0.25) is 0 Å². The van der Waals surface area contributed by atoms with Crippen LogP contribution in [0.4, 0.5) is 0 Å². The minimum absolute atomic E-state index is 1.10. The van der Waals surface area contributed by atoms with Crippen LogP contribution in [0.25, 0.3) is 0 Å². The van der Waals surface area contributed by atoms with Crippen LogP contribution in [0.2, 0.25) is 0 Å². The fourth-order valence-electron chi connectivity index (χ4n) is 1.14. The van der Waals surface area contributed by atoms with Gasteiger partial charge in [-0.2, -0.15) is 0 Å². The van der Waals surface area contributed by atoms with Gasteiger partial charge in [0.15, 0.2) is 0 Å². The maximum atomic E-state index is 3.91. The maximum absolute atomic E-state index is 3.91. The first-order valence-electron chi connectivity index (χ1n) is 3.30. The van der Waals surface area contributed by atoms with Crippen LogP contribution < -0.4 is 0 Å². The molecule has 0 saturated heterocycles. The summed E-state index contributed by atoms with van der Waals surface area (Å²) in [4.78, 5) is 0. The van der Waals surface area contributed by atoms with Crippen LogP contribution in [0.5, 0.6) is 0 Å². The molecule has 0 atom stereocenters. The normalized spacial score (nSPS) is 23.1. The summed E-state index contributed by atoms with van der Waals surface area (Å²) in [5.41, 5.74) is 2.85. The topological polar surface area (TPSA) is 0 Å². The van der Waals surface area contributed by atoms with Crippen molar-refractivity contribution in [3.8, 4) is 0 Å². The molecule has 1 aliphatic rings. The minimum atomic E-state index is 1.10. The van der Waals surface area contributed by atoms with E-state index in [2.05, 4.69) is 19.2 Å². The van der Waals surface area contributed by atoms with Crippen molar-refractivity contribution < 1.29 is 0 Å². The van der Waals surface area contributed by atoms with Crippen molar-refractivity contribution in [3.63, 3.8) is 0 Å². The molecule has 1 aliphatic carbocycles. The van der Waals surface area contributed by atoms with Crippen molar-refractivity contribution >= 4 is 0 Å². The molecule has 0 spiro atoms. The van der Waals surface area contributed by atoms with Crippen molar-refractivity contribution in [1.29, 1.82) is 0 Å². The van der Waals surface area contributed by atoms with E-state index in [-0.39, 0.29) is 0 Å². The molecule has 1 saturated carbocycles. The van der Waals surface area contributed by atoms with Gasteiger partial charge in [0.1, 0.15) is 0 Å². The largest absolute Gasteiger partial charge is 0.0995 e. The van der Waals surface area contributed by atoms with Gasteiger partial charge in [-0.15, -0.1) is 0 Å². The Labute approximate surface area is 56.6 Å². The van der Waals surface area contributed by atoms with Gasteiger partial charge in [0, 0.05) is 0 Å². The van der Waals surface area contributed by atoms with E-state index in [1.165, 1.54) is 24.0 Å². The van der Waals surface area contributed by atoms with Gasteiger partial charge in [-0.05, 0) is 19.3 Å². The van der Waals surface area contributed by atoms with E-state index in [1.54, 1.807) is 0 Å². The van der Waals surface area contributed by atoms with Crippen molar-refractivity contribution in [3.05, 3.63) is 36.5 Å². The van der Waals surface area contributed by atoms with E-state index in [0.717, 1.165) is 6.42 Å². The predicted molar refractivity (Wildman–Crippen MR) is 41.3 cm³/mol. The highest BCUT2D eigenvalue weighted by Crippen LogP contribution is 2.27. The average molecular weight is 120 g/mol. The number of hydrogen-bond acceptors (Lipinski definition) is 0. The molecule has 0 amide bonds. The molecule has 0 unspecified atom stereocenters. The molecule has 1 rings (SSSR count). The van der Waals surface area contributed by atoms with Crippen LogP contribution >= 0.6 is 0 Å². The second-order valence-electron chi connectivity index (χ2n) is 2.49. The first-order chi connectivity index (χ1) is 4.33. The Kier molecular flexibility index (Phi) is 1.88. The van der Waals surface area contributed by atoms with Crippen LogP contribution in [-0.2, 0) is 0 Å². The summed E-state index contributed by atoms with van der Waals surface area (Å²) in [5, 5.41) is 0. The standard InChI is InChI=1S/C9H12/c1-3-4-9-6-5-8(2)7-9/h3-4H,1-2,5-7H2/b9-4-. The summed E-state index contributed by atoms with van der Waals surface area (Å²) in [6.45, 7) is 7.55. The quantitative estimate of drug-likeness (QED) is 0.467. The molecule has 0 nitrogen and oxygen atoms in total. The Morgan fingerprint density at radius 1 is 1.33 bits per heavy atom. The fourth-order valence-corrected chi connectivity index (χ4v) is 1.14. The SMILES string of the molecule is C=C/C=C1/CCC(=C)C1. The van der Waals surface area contributed by atoms with Gasteiger partial charge in [-0.25, -0.2) is 0 Å². The first-order valence-corrected chi connectivity index (χ1v) is 3.30. The third-order valence-corrected chi connectivity index (χ3v) is 1.63. The van der Waals surface area contributed by atoms with Gasteiger partial charge in [-0.3, -0.25) is 0 Å². The Bertz CT molecular complexity index is 161. The molecular formula is C9H12. The van der Waals surface area contributed by atoms with Crippen LogP contribution in [-0.4, -0.2) is 0 Å². The van der Waals surface area contributed by atoms with E-state index in [1.807, 2.05) is 6.08 Å². The molecule has 0 radical (unpaired) electrons. The van der Waals surface area contributed by atoms with E-state index in [4.69, 9.17) is 0 Å². The van der Waals surface area contributed by atoms with Crippen LogP contribution in [0.3, 0.4) is 0 Å². The van der Waals surface area contributed by atoms with Crippen LogP contribution in [0.1, 0.15) is 19.3 Å². The lowest BCUT2D eigenvalue weighted by Gasteiger charge is -1.87. The fraction of sp³-hybridized carbons (Fsp3) is 0.333. The number of allylic oxidation sites excluding steroid dienone is 4. The molecule has 0 aromatic carbocycles. The van der Waals surface area contributed by atoms with Crippen LogP contribution in [0.15, 0.2) is 36.5 Å². The Morgan fingerprint density at radius 3 is 2.56 bits per heavy atom. The van der Waals surface area contributed by atoms with E-state index in [9.17, 15) is 0 Å². The molecule has 9 heavy (non-hydrogen) atoms. The van der Waals surface area contributed by atoms with Crippen molar-refractivity contribution in [2.24, 2.45) is 0 Å². The van der Waals surface area contributed by atoms with Crippen molar-refractivity contribution in [2.75, 3.05) is 0 Å². The molecule has 0 heteroatoms. The lowest BCUT2D eigenvalue weighted by atomic mass is 10.2. The monoisotopic (exact) mass is 120 g/mol. The molecule has 0 aliphatic heterocycles. The van der Waals surface area contributed by atoms with Crippen LogP contribution in [0, 0.1) is 0 Å². The molecule has 1 fully saturated rings. The minimum Gasteiger partial charge on any atom is -0.0995 e. The first kappa shape index (κ1) is 6.34. The Balaban J connectivity index is 2.57. The van der Waals surface area contributed by atoms with E-state index < -0.39 is 0 Å². The second-order valence-corrected chi connectivity index (χ2v) is 2.49. The molecule has 0 N–H and O–H groups in total. The highest BCUT2D eigenvalue weighted by molar-refractivity contribution is 5.23. The molecule has 48 valence electrons. The van der Waals surface area contributed by atoms with Gasteiger partial charge >= 0.3 is 0 Å². The zero-order valence-corrected chi connectivity index (χ0v) is 5.69. The average Bonchev–Trinajstić information content (AvgIpc) is 2.17. The summed E-state index contributed by atoms with van der Waals surface area (Å²) in [6.07, 6.45) is 7.43. The molecule has 0 bridgehead atoms. The Morgan fingerprint density at radius 2 is 2.11 bits per heavy atom. The van der Waals surface area contributed by atoms with E-state index in [0.29, 0.717) is 0 Å². The Hall–Kier alpha value is -0.780. The van der Waals surface area contributed by atoms with Gasteiger partial charge in [0.05, 0.1) is 0 Å². The van der Waals surface area contributed by atoms with Crippen molar-refractivity contribution in [1.82, 2.24) is 0 Å². The smallest absolute Gasteiger partial charge is 0.0108 e. The third-order valence-electron chi connectivity index (χ3n) is 1.63. The molecule has 0 aromatic rings. The van der Waals surface area contributed by atoms with Gasteiger partial charge in [0.25, 0.3) is 0 Å². The highest BCUT2D eigenvalue weighted by Gasteiger charge is 2.08. The number of rotatable bonds is 1. The predicted octanol–water partition coefficient (Wildman–Crippen LogP) is 2.84. The zero-order valence-electron chi connectivity index (χ0n) is 5.69. The molecular weight excluding hydrogens is 108 g/mol. The third kappa shape index (κ3) is 1.56. The summed E-state index contributed by atoms with van der Waals surface area (Å²) in [5.74, 6) is 0. The second kappa shape index (κ2) is 2.67. The number of hydrogen-bond donors (Lipinski definition) is 0. The maximum Gasteiger partial charge on any atom is -0.0108 e. The van der Waals surface area contributed by atoms with E-state index >= 15 is 0 Å². The molecule has 0 aromatic heterocycles. The lowest BCUT2D eigenvalue weighted by molar-refractivity contribution is 1.06. The van der Waals surface area contributed by atoms with Crippen molar-refractivity contribution in [2.45, 2.75) is 19.3 Å². The summed E-state index contributed by atoms with van der Waals surface area (Å²) in [6, 6.07) is 0. The summed E-state index contributed by atoms with van der Waals surface area (Å²) >= 11 is 0. The van der Waals surface area contributed by atoms with Gasteiger partial charge < -0.3 is 0 Å². The summed E-state index contributed by atoms with van der Waals surface area (Å²) < 4.78 is 0. The molecule has 0 heterocycles.